The zero-order valence-electron chi connectivity index (χ0n) is 15.6. The molecule has 16 nitrogen and oxygen atoms in total. The Kier molecular flexibility index (Phi) is 27.8. The van der Waals surface area contributed by atoms with E-state index in [0.717, 1.165) is 0 Å². The summed E-state index contributed by atoms with van der Waals surface area (Å²) in [5, 5.41) is 42.1. The molecule has 0 unspecified atom stereocenters. The molecule has 13 N–H and O–H groups in total. The molecule has 0 bridgehead atoms. The van der Waals surface area contributed by atoms with Crippen LogP contribution in [0.4, 0.5) is 5.69 Å². The SMILES string of the molecule is N.N.O=C(O)CCCCC(=O)O.O=CO.O=P(O)(O)O.O=[N+]([O-])c1ccccc1O. The van der Waals surface area contributed by atoms with Crippen molar-refractivity contribution in [3.05, 3.63) is 34.4 Å². The number of aromatic hydroxyl groups is 1. The van der Waals surface area contributed by atoms with Gasteiger partial charge >= 0.3 is 25.4 Å². The largest absolute Gasteiger partial charge is 0.502 e. The third-order valence-electron chi connectivity index (χ3n) is 2.11. The maximum atomic E-state index is 10.1. The van der Waals surface area contributed by atoms with Crippen LogP contribution in [-0.4, -0.2) is 58.4 Å². The molecule has 0 spiro atoms. The standard InChI is InChI=1S/C6H5NO3.C6H10O4.CH2O2.2H3N.H3O4P/c8-6-4-2-1-3-5(6)7(9)10;7-5(8)3-1-2-4-6(9)10;2-1-3;;;1-5(2,3)4/h1-4,8H;1-4H2,(H,7,8)(H,9,10);1H,(H,2,3);2*1H3;(H3,1,2,3,4). The highest BCUT2D eigenvalue weighted by Gasteiger charge is 2.09. The Bertz CT molecular complexity index is 641. The van der Waals surface area contributed by atoms with Crippen molar-refractivity contribution in [3.8, 4) is 5.75 Å². The van der Waals surface area contributed by atoms with E-state index in [2.05, 4.69) is 0 Å². The maximum Gasteiger partial charge on any atom is 0.466 e. The van der Waals surface area contributed by atoms with Gasteiger partial charge in [-0.3, -0.25) is 24.5 Å². The molecule has 1 aromatic rings. The van der Waals surface area contributed by atoms with Crippen LogP contribution in [0.15, 0.2) is 24.3 Å². The number of phenolic OH excluding ortho intramolecular Hbond substituents is 1. The first-order valence-corrected chi connectivity index (χ1v) is 8.54. The van der Waals surface area contributed by atoms with Gasteiger partial charge in [0.05, 0.1) is 4.92 Å². The van der Waals surface area contributed by atoms with Crippen molar-refractivity contribution < 1.29 is 59.0 Å². The summed E-state index contributed by atoms with van der Waals surface area (Å²) >= 11 is 0. The smallest absolute Gasteiger partial charge is 0.466 e. The van der Waals surface area contributed by atoms with Crippen LogP contribution in [0.1, 0.15) is 25.7 Å². The fraction of sp³-hybridized carbons (Fsp3) is 0.308. The fourth-order valence-corrected chi connectivity index (χ4v) is 1.17. The Balaban J connectivity index is -0.0000000987. The highest BCUT2D eigenvalue weighted by molar-refractivity contribution is 7.45. The summed E-state index contributed by atoms with van der Waals surface area (Å²) in [7, 11) is -4.64. The van der Waals surface area contributed by atoms with Crippen molar-refractivity contribution in [3.63, 3.8) is 0 Å². The lowest BCUT2D eigenvalue weighted by molar-refractivity contribution is -0.385. The molecule has 0 aromatic heterocycles. The fourth-order valence-electron chi connectivity index (χ4n) is 1.17. The number of hydrogen-bond donors (Lipinski definition) is 9. The number of hydrogen-bond acceptors (Lipinski definition) is 9. The molecular weight excluding hydrogens is 437 g/mol. The zero-order valence-corrected chi connectivity index (χ0v) is 16.5. The molecule has 0 aliphatic carbocycles. The number of unbranched alkanes of at least 4 members (excludes halogenated alkanes) is 1. The van der Waals surface area contributed by atoms with E-state index in [9.17, 15) is 19.7 Å². The van der Waals surface area contributed by atoms with Crippen molar-refractivity contribution in [2.24, 2.45) is 0 Å². The number of benzene rings is 1. The molecule has 0 aliphatic heterocycles. The van der Waals surface area contributed by atoms with Crippen molar-refractivity contribution in [2.45, 2.75) is 25.7 Å². The predicted molar refractivity (Wildman–Crippen MR) is 102 cm³/mol. The lowest BCUT2D eigenvalue weighted by atomic mass is 10.2. The van der Waals surface area contributed by atoms with Gasteiger partial charge in [0, 0.05) is 18.9 Å². The van der Waals surface area contributed by atoms with E-state index in [4.69, 9.17) is 44.5 Å². The highest BCUT2D eigenvalue weighted by atomic mass is 31.2. The number of nitro benzene ring substituents is 1. The summed E-state index contributed by atoms with van der Waals surface area (Å²) in [4.78, 5) is 59.2. The number of carbonyl (C=O) groups is 3. The van der Waals surface area contributed by atoms with E-state index in [0.29, 0.717) is 12.8 Å². The number of rotatable bonds is 6. The normalized spacial score (nSPS) is 8.50. The van der Waals surface area contributed by atoms with Crippen molar-refractivity contribution >= 4 is 31.9 Å². The average molecular weight is 463 g/mol. The molecule has 0 amide bonds. The predicted octanol–water partition coefficient (Wildman–Crippen LogP) is 1.11. The molecule has 176 valence electrons. The van der Waals surface area contributed by atoms with Gasteiger partial charge in [0.25, 0.3) is 6.47 Å². The van der Waals surface area contributed by atoms with Gasteiger partial charge in [-0.1, -0.05) is 12.1 Å². The first-order chi connectivity index (χ1) is 12.8. The molecule has 0 saturated carbocycles. The molecule has 0 atom stereocenters. The molecule has 0 radical (unpaired) electrons. The number of carboxylic acid groups (broad SMARTS) is 3. The molecule has 1 aromatic carbocycles. The van der Waals surface area contributed by atoms with Gasteiger partial charge in [-0.05, 0) is 18.9 Å². The highest BCUT2D eigenvalue weighted by Crippen LogP contribution is 2.25. The van der Waals surface area contributed by atoms with Crippen molar-refractivity contribution in [1.29, 1.82) is 0 Å². The summed E-state index contributed by atoms with van der Waals surface area (Å²) in [6, 6.07) is 5.55. The van der Waals surface area contributed by atoms with E-state index in [1.54, 1.807) is 0 Å². The molecule has 17 heteroatoms. The lowest BCUT2D eigenvalue weighted by Crippen LogP contribution is -1.97. The zero-order chi connectivity index (χ0) is 22.8. The Morgan fingerprint density at radius 1 is 1.00 bits per heavy atom. The Morgan fingerprint density at radius 3 is 1.50 bits per heavy atom. The molecule has 30 heavy (non-hydrogen) atoms. The third-order valence-corrected chi connectivity index (χ3v) is 2.11. The van der Waals surface area contributed by atoms with Crippen LogP contribution in [0.2, 0.25) is 0 Å². The summed E-state index contributed by atoms with van der Waals surface area (Å²) < 4.78 is 8.88. The van der Waals surface area contributed by atoms with E-state index in [1.165, 1.54) is 24.3 Å². The second-order valence-electron chi connectivity index (χ2n) is 4.36. The van der Waals surface area contributed by atoms with Gasteiger partial charge in [0.2, 0.25) is 0 Å². The van der Waals surface area contributed by atoms with Gasteiger partial charge < -0.3 is 47.4 Å². The molecular formula is C13H26N3O13P. The lowest BCUT2D eigenvalue weighted by Gasteiger charge is -1.92. The number of phosphoric acid groups is 1. The molecule has 0 saturated heterocycles. The summed E-state index contributed by atoms with van der Waals surface area (Å²) in [5.74, 6) is -2.04. The average Bonchev–Trinajstić information content (AvgIpc) is 2.51. The van der Waals surface area contributed by atoms with Gasteiger partial charge in [-0.25, -0.2) is 4.57 Å². The van der Waals surface area contributed by atoms with E-state index < -0.39 is 24.7 Å². The second-order valence-corrected chi connectivity index (χ2v) is 5.39. The number of nitro groups is 1. The number of para-hydroxylation sites is 2. The van der Waals surface area contributed by atoms with Crippen LogP contribution in [0.3, 0.4) is 0 Å². The monoisotopic (exact) mass is 463 g/mol. The van der Waals surface area contributed by atoms with Crippen LogP contribution in [0.25, 0.3) is 0 Å². The first kappa shape index (κ1) is 37.6. The first-order valence-electron chi connectivity index (χ1n) is 6.98. The van der Waals surface area contributed by atoms with Crippen LogP contribution >= 0.6 is 7.82 Å². The van der Waals surface area contributed by atoms with Crippen molar-refractivity contribution in [2.75, 3.05) is 0 Å². The minimum Gasteiger partial charge on any atom is -0.502 e. The molecule has 0 aliphatic rings. The summed E-state index contributed by atoms with van der Waals surface area (Å²) in [6.07, 6.45) is 1.02. The summed E-state index contributed by atoms with van der Waals surface area (Å²) in [5.41, 5.74) is -0.262. The minimum absolute atomic E-state index is 0. The number of nitrogens with zero attached hydrogens (tertiary/aromatic N) is 1. The van der Waals surface area contributed by atoms with Gasteiger partial charge in [-0.15, -0.1) is 0 Å². The third kappa shape index (κ3) is 39.8. The van der Waals surface area contributed by atoms with Gasteiger partial charge in [-0.2, -0.15) is 0 Å². The summed E-state index contributed by atoms with van der Waals surface area (Å²) in [6.45, 7) is -0.250. The van der Waals surface area contributed by atoms with Crippen LogP contribution in [-0.2, 0) is 18.9 Å². The van der Waals surface area contributed by atoms with Crippen LogP contribution in [0.5, 0.6) is 5.75 Å². The Morgan fingerprint density at radius 2 is 1.30 bits per heavy atom. The number of phenols is 1. The van der Waals surface area contributed by atoms with Crippen LogP contribution in [0, 0.1) is 10.1 Å². The van der Waals surface area contributed by atoms with Crippen LogP contribution < -0.4 is 12.3 Å². The maximum absolute atomic E-state index is 10.1. The van der Waals surface area contributed by atoms with Gasteiger partial charge in [0.15, 0.2) is 5.75 Å². The van der Waals surface area contributed by atoms with E-state index in [1.807, 2.05) is 0 Å². The topological polar surface area (TPSA) is 323 Å². The van der Waals surface area contributed by atoms with Crippen molar-refractivity contribution in [1.82, 2.24) is 12.3 Å². The van der Waals surface area contributed by atoms with E-state index in [-0.39, 0.29) is 43.1 Å². The van der Waals surface area contributed by atoms with Gasteiger partial charge in [0.1, 0.15) is 0 Å². The number of aliphatic carboxylic acids is 2. The molecule has 1 rings (SSSR count). The quantitative estimate of drug-likeness (QED) is 0.0937. The number of carboxylic acids is 2. The molecule has 0 fully saturated rings. The second kappa shape index (κ2) is 22.2. The van der Waals surface area contributed by atoms with E-state index >= 15 is 0 Å². The Hall–Kier alpha value is -3.14. The Labute approximate surface area is 170 Å². The molecule has 0 heterocycles. The minimum atomic E-state index is -4.64.